The minimum atomic E-state index is -3.20. The van der Waals surface area contributed by atoms with Crippen molar-refractivity contribution in [2.45, 2.75) is 0 Å². The van der Waals surface area contributed by atoms with Crippen molar-refractivity contribution in [1.82, 2.24) is 0 Å². The summed E-state index contributed by atoms with van der Waals surface area (Å²) >= 11 is 10.5. The van der Waals surface area contributed by atoms with E-state index in [-0.39, 0.29) is 11.9 Å². The molecule has 0 aliphatic heterocycles. The van der Waals surface area contributed by atoms with E-state index in [1.165, 1.54) is 0 Å². The second-order valence-corrected chi connectivity index (χ2v) is 10.5. The number of hydrogen-bond acceptors (Lipinski definition) is 3. The maximum absolute atomic E-state index is 10.5. The molecule has 0 spiro atoms. The van der Waals surface area contributed by atoms with Gasteiger partial charge in [-0.3, -0.25) is 0 Å². The van der Waals surface area contributed by atoms with Crippen molar-refractivity contribution >= 4 is 38.5 Å². The Morgan fingerprint density at radius 3 is 2.00 bits per heavy atom. The average Bonchev–Trinajstić information content (AvgIpc) is 1.57. The molecule has 1 N–H and O–H groups in total. The molecule has 0 rings (SSSR count). The van der Waals surface area contributed by atoms with Gasteiger partial charge in [-0.05, 0) is 0 Å². The Balaban J connectivity index is 3.79. The van der Waals surface area contributed by atoms with Crippen LogP contribution in [0, 0.1) is 0 Å². The van der Waals surface area contributed by atoms with Crippen molar-refractivity contribution in [3.05, 3.63) is 0 Å². The molecular weight excluding hydrogens is 218 g/mol. The van der Waals surface area contributed by atoms with Crippen LogP contribution in [0.4, 0.5) is 0 Å². The summed E-state index contributed by atoms with van der Waals surface area (Å²) in [7, 11) is -3.05. The number of halogens is 2. The van der Waals surface area contributed by atoms with Crippen LogP contribution in [0.25, 0.3) is 0 Å². The van der Waals surface area contributed by atoms with E-state index >= 15 is 0 Å². The standard InChI is InChI=1S/C3H9Cl2O3PS/c1-10(7,8)3-2-9(4,5)6/h6,9H,2-3H2,1H3. The van der Waals surface area contributed by atoms with Crippen LogP contribution >= 0.6 is 28.7 Å². The molecule has 0 unspecified atom stereocenters. The van der Waals surface area contributed by atoms with Gasteiger partial charge in [0, 0.05) is 0 Å². The van der Waals surface area contributed by atoms with Crippen LogP contribution in [0.1, 0.15) is 0 Å². The number of hydrogen-bond donors (Lipinski definition) is 1. The molecule has 0 amide bonds. The maximum atomic E-state index is 10.5. The van der Waals surface area contributed by atoms with Crippen molar-refractivity contribution in [3.8, 4) is 0 Å². The van der Waals surface area contributed by atoms with E-state index < -0.39 is 16.0 Å². The Bertz CT molecular complexity index is 194. The molecule has 0 aromatic heterocycles. The molecule has 3 nitrogen and oxygen atoms in total. The number of rotatable bonds is 3. The van der Waals surface area contributed by atoms with Crippen molar-refractivity contribution in [3.63, 3.8) is 0 Å². The molecule has 0 saturated carbocycles. The van der Waals surface area contributed by atoms with E-state index in [0.29, 0.717) is 0 Å². The molecule has 0 aromatic rings. The first-order valence-electron chi connectivity index (χ1n) is 2.49. The summed E-state index contributed by atoms with van der Waals surface area (Å²) in [4.78, 5) is 8.79. The third kappa shape index (κ3) is 8.92. The molecule has 0 bridgehead atoms. The molecule has 0 saturated heterocycles. The molecule has 0 aliphatic rings. The second-order valence-electron chi connectivity index (χ2n) is 2.05. The fourth-order valence-electron chi connectivity index (χ4n) is 0.308. The Morgan fingerprint density at radius 1 is 1.50 bits per heavy atom. The van der Waals surface area contributed by atoms with Crippen molar-refractivity contribution in [2.75, 3.05) is 18.2 Å². The van der Waals surface area contributed by atoms with Gasteiger partial charge in [-0.2, -0.15) is 0 Å². The fraction of sp³-hybridized carbons (Fsp3) is 1.00. The molecule has 7 heteroatoms. The van der Waals surface area contributed by atoms with Crippen LogP contribution in [0.3, 0.4) is 0 Å². The van der Waals surface area contributed by atoms with E-state index in [0.717, 1.165) is 6.26 Å². The molecule has 0 fully saturated rings. The van der Waals surface area contributed by atoms with Gasteiger partial charge < -0.3 is 0 Å². The third-order valence-electron chi connectivity index (χ3n) is 0.774. The van der Waals surface area contributed by atoms with Crippen LogP contribution < -0.4 is 0 Å². The fourth-order valence-corrected chi connectivity index (χ4v) is 4.16. The first kappa shape index (κ1) is 10.9. The quantitative estimate of drug-likeness (QED) is 0.731. The van der Waals surface area contributed by atoms with Gasteiger partial charge >= 0.3 is 70.0 Å². The van der Waals surface area contributed by atoms with E-state index in [4.69, 9.17) is 27.4 Å². The van der Waals surface area contributed by atoms with Crippen LogP contribution in [-0.2, 0) is 9.84 Å². The molecule has 0 heterocycles. The Morgan fingerprint density at radius 2 is 1.90 bits per heavy atom. The van der Waals surface area contributed by atoms with Crippen LogP contribution in [0.5, 0.6) is 0 Å². The first-order valence-corrected chi connectivity index (χ1v) is 8.72. The molecule has 0 aromatic carbocycles. The van der Waals surface area contributed by atoms with Crippen LogP contribution in [-0.4, -0.2) is 31.5 Å². The number of sulfone groups is 1. The van der Waals surface area contributed by atoms with Gasteiger partial charge in [0.2, 0.25) is 0 Å². The van der Waals surface area contributed by atoms with E-state index in [1.54, 1.807) is 0 Å². The van der Waals surface area contributed by atoms with Crippen LogP contribution in [0.15, 0.2) is 0 Å². The van der Waals surface area contributed by atoms with Crippen molar-refractivity contribution in [2.24, 2.45) is 0 Å². The summed E-state index contributed by atoms with van der Waals surface area (Å²) < 4.78 is 20.9. The third-order valence-corrected chi connectivity index (χ3v) is 4.07. The average molecular weight is 227 g/mol. The van der Waals surface area contributed by atoms with Gasteiger partial charge in [-0.15, -0.1) is 0 Å². The van der Waals surface area contributed by atoms with Gasteiger partial charge in [-0.25, -0.2) is 0 Å². The first-order chi connectivity index (χ1) is 4.21. The monoisotopic (exact) mass is 226 g/mol. The summed E-state index contributed by atoms with van der Waals surface area (Å²) in [6.45, 7) is 0. The molecule has 0 atom stereocenters. The molecule has 0 aliphatic carbocycles. The Labute approximate surface area is 70.3 Å². The Kier molecular flexibility index (Phi) is 3.87. The van der Waals surface area contributed by atoms with Gasteiger partial charge in [0.15, 0.2) is 0 Å². The van der Waals surface area contributed by atoms with E-state index in [1.807, 2.05) is 0 Å². The zero-order chi connectivity index (χ0) is 8.41. The predicted octanol–water partition coefficient (Wildman–Crippen LogP) is 0.996. The summed E-state index contributed by atoms with van der Waals surface area (Å²) in [5.74, 6) is -0.150. The molecular formula is C3H9Cl2O3PS. The SMILES string of the molecule is CS(=O)(=O)CC[PH](O)(Cl)Cl. The zero-order valence-corrected chi connectivity index (χ0v) is 8.67. The minimum absolute atomic E-state index is 0.0328. The van der Waals surface area contributed by atoms with E-state index in [9.17, 15) is 8.42 Å². The predicted molar refractivity (Wildman–Crippen MR) is 46.8 cm³/mol. The van der Waals surface area contributed by atoms with Crippen molar-refractivity contribution < 1.29 is 13.3 Å². The zero-order valence-electron chi connectivity index (χ0n) is 5.34. The van der Waals surface area contributed by atoms with Gasteiger partial charge in [0.05, 0.1) is 0 Å². The Hall–Kier alpha value is 0.920. The summed E-state index contributed by atoms with van der Waals surface area (Å²) in [6, 6.07) is 0. The molecule has 64 valence electrons. The summed E-state index contributed by atoms with van der Waals surface area (Å²) in [5, 5.41) is 0. The summed E-state index contributed by atoms with van der Waals surface area (Å²) in [5.41, 5.74) is 0. The van der Waals surface area contributed by atoms with Gasteiger partial charge in [0.25, 0.3) is 0 Å². The van der Waals surface area contributed by atoms with Gasteiger partial charge in [0.1, 0.15) is 0 Å². The molecule has 10 heavy (non-hydrogen) atoms. The van der Waals surface area contributed by atoms with Gasteiger partial charge in [-0.1, -0.05) is 0 Å². The molecule has 0 radical (unpaired) electrons. The van der Waals surface area contributed by atoms with Crippen LogP contribution in [0.2, 0.25) is 0 Å². The second kappa shape index (κ2) is 3.55. The van der Waals surface area contributed by atoms with E-state index in [2.05, 4.69) is 0 Å². The summed E-state index contributed by atoms with van der Waals surface area (Å²) in [6.07, 6.45) is -2.16. The van der Waals surface area contributed by atoms with Crippen molar-refractivity contribution in [1.29, 1.82) is 0 Å². The topological polar surface area (TPSA) is 54.4 Å². The normalized spacial score (nSPS) is 15.2.